The van der Waals surface area contributed by atoms with Crippen LogP contribution in [0.4, 0.5) is 5.69 Å². The Labute approximate surface area is 643 Å². The van der Waals surface area contributed by atoms with E-state index >= 15 is 0 Å². The van der Waals surface area contributed by atoms with Gasteiger partial charge in [0.05, 0.1) is 61.0 Å². The summed E-state index contributed by atoms with van der Waals surface area (Å²) in [6.07, 6.45) is 63.9. The van der Waals surface area contributed by atoms with E-state index < -0.39 is 5.97 Å². The van der Waals surface area contributed by atoms with Crippen LogP contribution >= 0.6 is 0 Å². The second kappa shape index (κ2) is 57.3. The summed E-state index contributed by atoms with van der Waals surface area (Å²) in [6, 6.07) is 27.2. The smallest absolute Gasteiger partial charge is 0.343 e. The molecule has 6 rings (SSSR count). The van der Waals surface area contributed by atoms with Crippen molar-refractivity contribution in [1.29, 1.82) is 0 Å². The molecule has 0 aliphatic heterocycles. The summed E-state index contributed by atoms with van der Waals surface area (Å²) in [5.41, 5.74) is 4.96. The Morgan fingerprint density at radius 1 is 0.321 bits per heavy atom. The molecule has 0 spiro atoms. The van der Waals surface area contributed by atoms with Gasteiger partial charge in [0.2, 0.25) is 0 Å². The fourth-order valence-corrected chi connectivity index (χ4v) is 13.9. The zero-order valence-corrected chi connectivity index (χ0v) is 67.2. The van der Waals surface area contributed by atoms with Crippen molar-refractivity contribution in [2.24, 2.45) is 4.99 Å². The lowest BCUT2D eigenvalue weighted by atomic mass is 10.0. The van der Waals surface area contributed by atoms with E-state index in [9.17, 15) is 15.0 Å². The number of aromatic nitrogens is 2. The van der Waals surface area contributed by atoms with Crippen LogP contribution in [0.1, 0.15) is 372 Å². The molecule has 106 heavy (non-hydrogen) atoms. The van der Waals surface area contributed by atoms with Crippen LogP contribution in [0, 0.1) is 0 Å². The third-order valence-corrected chi connectivity index (χ3v) is 20.6. The van der Waals surface area contributed by atoms with Gasteiger partial charge in [0.25, 0.3) is 0 Å². The molecule has 6 aromatic rings. The molecule has 1 heterocycles. The van der Waals surface area contributed by atoms with Crippen molar-refractivity contribution in [3.8, 4) is 68.5 Å². The number of hydrogen-bond donors (Lipinski definition) is 2. The molecule has 0 unspecified atom stereocenters. The topological polar surface area (TPSA) is 151 Å². The van der Waals surface area contributed by atoms with Crippen LogP contribution in [0.15, 0.2) is 96.0 Å². The number of aromatic hydroxyl groups is 2. The highest BCUT2D eigenvalue weighted by atomic mass is 16.5. The third kappa shape index (κ3) is 36.9. The Bertz CT molecular complexity index is 3290. The molecule has 0 aliphatic carbocycles. The Kier molecular flexibility index (Phi) is 47.6. The first-order chi connectivity index (χ1) is 52.2. The van der Waals surface area contributed by atoms with E-state index in [1.165, 1.54) is 269 Å². The second-order valence-corrected chi connectivity index (χ2v) is 30.1. The molecule has 0 aliphatic rings. The number of ether oxygens (including phenoxy) is 6. The maximum atomic E-state index is 14.2. The van der Waals surface area contributed by atoms with Crippen molar-refractivity contribution in [2.45, 2.75) is 356 Å². The zero-order chi connectivity index (χ0) is 75.0. The van der Waals surface area contributed by atoms with Crippen LogP contribution in [0.2, 0.25) is 0 Å². The second-order valence-electron chi connectivity index (χ2n) is 30.1. The molecule has 588 valence electrons. The fraction of sp³-hybridized carbons (Fsp3) is 0.638. The van der Waals surface area contributed by atoms with Crippen molar-refractivity contribution < 1.29 is 43.4 Å². The number of carbonyl (C=O) groups is 1. The molecule has 0 bridgehead atoms. The monoisotopic (exact) mass is 1460 g/mol. The van der Waals surface area contributed by atoms with E-state index in [4.69, 9.17) is 38.4 Å². The Morgan fingerprint density at radius 3 is 1.02 bits per heavy atom. The number of phenols is 2. The van der Waals surface area contributed by atoms with Crippen LogP contribution in [0.3, 0.4) is 0 Å². The summed E-state index contributed by atoms with van der Waals surface area (Å²) in [5.74, 6) is 2.75. The molecule has 1 aromatic heterocycles. The van der Waals surface area contributed by atoms with Gasteiger partial charge in [-0.1, -0.05) is 324 Å². The number of benzene rings is 5. The quantitative estimate of drug-likeness (QED) is 0.0162. The van der Waals surface area contributed by atoms with Gasteiger partial charge in [-0.15, -0.1) is 0 Å². The Hall–Kier alpha value is -6.82. The number of carbonyl (C=O) groups excluding carboxylic acids is 1. The Balaban J connectivity index is 1.24. The average molecular weight is 1460 g/mol. The summed E-state index contributed by atoms with van der Waals surface area (Å²) < 4.78 is 38.7. The van der Waals surface area contributed by atoms with Crippen LogP contribution in [0.25, 0.3) is 33.5 Å². The van der Waals surface area contributed by atoms with Gasteiger partial charge in [0.15, 0.2) is 23.0 Å². The van der Waals surface area contributed by atoms with E-state index in [-0.39, 0.29) is 22.8 Å². The number of esters is 1. The van der Waals surface area contributed by atoms with E-state index in [1.54, 1.807) is 42.5 Å². The van der Waals surface area contributed by atoms with E-state index in [2.05, 4.69) is 63.9 Å². The minimum atomic E-state index is -0.625. The van der Waals surface area contributed by atoms with Crippen molar-refractivity contribution >= 4 is 28.9 Å². The molecule has 0 atom stereocenters. The highest BCUT2D eigenvalue weighted by Crippen LogP contribution is 2.41. The van der Waals surface area contributed by atoms with Gasteiger partial charge in [-0.25, -0.2) is 14.8 Å². The number of phenolic OH excluding ortho intramolecular Hbond substituents is 2. The lowest BCUT2D eigenvalue weighted by Crippen LogP contribution is -2.09. The van der Waals surface area contributed by atoms with Gasteiger partial charge in [-0.2, -0.15) is 0 Å². The molecule has 0 saturated carbocycles. The molecule has 0 amide bonds. The van der Waals surface area contributed by atoms with Crippen LogP contribution in [-0.2, 0) is 0 Å². The molecular weight excluding hydrogens is 1320 g/mol. The molecule has 5 aromatic carbocycles. The first kappa shape index (κ1) is 88.1. The standard InChI is InChI=1S/C94H143N3O9/c1-6-11-16-21-26-31-36-41-46-51-66-101-81-61-63-84(87(99)74-81)95-76-80-56-60-82(75-86(80)98)106-94(100)79-57-62-83-85(71-79)97-93(78-59-65-89(103-68-53-48-43-38-33-28-23-18-13-8-3)91(73-78)105-70-55-50-45-40-35-30-25-20-15-10-5)92(96-83)77-58-64-88(102-67-52-47-42-37-32-27-22-17-12-7-2)90(72-77)104-69-54-49-44-39-34-29-24-19-14-9-4/h56-65,71-76,98-99H,6-55,66-70H2,1-5H3. The minimum Gasteiger partial charge on any atom is -0.507 e. The van der Waals surface area contributed by atoms with Crippen molar-refractivity contribution in [1.82, 2.24) is 9.97 Å². The molecule has 12 heteroatoms. The number of unbranched alkanes of at least 4 members (excludes halogenated alkanes) is 45. The molecule has 0 fully saturated rings. The number of aliphatic imine (C=N–C) groups is 1. The molecule has 2 N–H and O–H groups in total. The lowest BCUT2D eigenvalue weighted by Gasteiger charge is -2.17. The molecule has 0 radical (unpaired) electrons. The van der Waals surface area contributed by atoms with Gasteiger partial charge in [0.1, 0.15) is 28.7 Å². The van der Waals surface area contributed by atoms with E-state index in [0.29, 0.717) is 84.0 Å². The lowest BCUT2D eigenvalue weighted by molar-refractivity contribution is 0.0734. The number of fused-ring (bicyclic) bond motifs is 1. The largest absolute Gasteiger partial charge is 0.507 e. The summed E-state index contributed by atoms with van der Waals surface area (Å²) in [7, 11) is 0. The van der Waals surface area contributed by atoms with Crippen LogP contribution in [-0.4, -0.2) is 65.4 Å². The van der Waals surface area contributed by atoms with Gasteiger partial charge in [0, 0.05) is 35.0 Å². The van der Waals surface area contributed by atoms with E-state index in [1.807, 2.05) is 18.2 Å². The number of hydrogen-bond acceptors (Lipinski definition) is 12. The van der Waals surface area contributed by atoms with Gasteiger partial charge in [-0.3, -0.25) is 4.99 Å². The summed E-state index contributed by atoms with van der Waals surface area (Å²) >= 11 is 0. The van der Waals surface area contributed by atoms with E-state index in [0.717, 1.165) is 86.8 Å². The van der Waals surface area contributed by atoms with Crippen molar-refractivity contribution in [3.63, 3.8) is 0 Å². The van der Waals surface area contributed by atoms with Crippen LogP contribution < -0.4 is 28.4 Å². The summed E-state index contributed by atoms with van der Waals surface area (Å²) in [4.78, 5) is 29.5. The number of nitrogens with zero attached hydrogens (tertiary/aromatic N) is 3. The molecule has 12 nitrogen and oxygen atoms in total. The number of rotatable bonds is 66. The van der Waals surface area contributed by atoms with Crippen LogP contribution in [0.5, 0.6) is 46.0 Å². The molecular formula is C94H143N3O9. The van der Waals surface area contributed by atoms with Crippen molar-refractivity contribution in [2.75, 3.05) is 33.0 Å². The average Bonchev–Trinajstić information content (AvgIpc) is 0.768. The first-order valence-electron chi connectivity index (χ1n) is 43.4. The van der Waals surface area contributed by atoms with Gasteiger partial charge < -0.3 is 38.6 Å². The summed E-state index contributed by atoms with van der Waals surface area (Å²) in [6.45, 7) is 14.3. The predicted octanol–water partition coefficient (Wildman–Crippen LogP) is 28.8. The van der Waals surface area contributed by atoms with Crippen molar-refractivity contribution in [3.05, 3.63) is 102 Å². The first-order valence-corrected chi connectivity index (χ1v) is 43.4. The van der Waals surface area contributed by atoms with Gasteiger partial charge >= 0.3 is 5.97 Å². The zero-order valence-electron chi connectivity index (χ0n) is 67.2. The fourth-order valence-electron chi connectivity index (χ4n) is 13.9. The predicted molar refractivity (Wildman–Crippen MR) is 446 cm³/mol. The molecule has 0 saturated heterocycles. The normalized spacial score (nSPS) is 11.5. The maximum Gasteiger partial charge on any atom is 0.343 e. The highest BCUT2D eigenvalue weighted by Gasteiger charge is 2.21. The van der Waals surface area contributed by atoms with Gasteiger partial charge in [-0.05, 0) is 111 Å². The Morgan fingerprint density at radius 2 is 0.651 bits per heavy atom. The summed E-state index contributed by atoms with van der Waals surface area (Å²) in [5, 5.41) is 22.1. The highest BCUT2D eigenvalue weighted by molar-refractivity contribution is 5.96. The third-order valence-electron chi connectivity index (χ3n) is 20.6. The SMILES string of the molecule is CCCCCCCCCCCCOc1ccc(N=Cc2ccc(OC(=O)c3ccc4nc(-c5ccc(OCCCCCCCCCCCC)c(OCCCCCCCCCCCC)c5)c(-c5ccc(OCCCCCCCCCCCC)c(OCCCCCCCCCCCC)c5)nc4c3)cc2O)c(O)c1. The minimum absolute atomic E-state index is 0.0286. The maximum absolute atomic E-state index is 14.2.